The molecule has 7 rings (SSSR count). The molecule has 0 bridgehead atoms. The standard InChI is InChI=1S/C30H28N6OS/c1-19-7-10-28(38-19)22-5-4-6-25-23(22)16-27(32-25)30-29-26(34-35-30)9-8-24(33-29)20-15-21(18-31-17-20)37-14-13-36-11-2-3-12-36/h4-10,15-18,32H,2-3,11-14H2,1H3,(H,34,35). The van der Waals surface area contributed by atoms with Gasteiger partial charge in [-0.05, 0) is 75.3 Å². The third-order valence-electron chi connectivity index (χ3n) is 7.22. The number of H-pyrrole nitrogens is 2. The Bertz CT molecular complexity index is 1740. The second-order valence-electron chi connectivity index (χ2n) is 9.83. The first-order valence-corrected chi connectivity index (χ1v) is 13.9. The first-order valence-electron chi connectivity index (χ1n) is 13.1. The van der Waals surface area contributed by atoms with Crippen LogP contribution in [0.2, 0.25) is 0 Å². The normalized spacial score (nSPS) is 14.1. The van der Waals surface area contributed by atoms with Crippen molar-refractivity contribution in [3.63, 3.8) is 0 Å². The lowest BCUT2D eigenvalue weighted by atomic mass is 10.1. The van der Waals surface area contributed by atoms with Crippen LogP contribution in [0.3, 0.4) is 0 Å². The van der Waals surface area contributed by atoms with Crippen molar-refractivity contribution in [2.75, 3.05) is 26.2 Å². The molecule has 8 heteroatoms. The minimum Gasteiger partial charge on any atom is -0.491 e. The lowest BCUT2D eigenvalue weighted by molar-refractivity contribution is 0.237. The maximum atomic E-state index is 6.02. The number of benzene rings is 1. The van der Waals surface area contributed by atoms with Crippen LogP contribution in [0.5, 0.6) is 5.75 Å². The lowest BCUT2D eigenvalue weighted by Gasteiger charge is -2.15. The molecule has 2 N–H and O–H groups in total. The molecule has 0 amide bonds. The molecule has 6 aromatic rings. The Morgan fingerprint density at radius 2 is 1.92 bits per heavy atom. The van der Waals surface area contributed by atoms with Crippen molar-refractivity contribution in [3.8, 4) is 38.8 Å². The quantitative estimate of drug-likeness (QED) is 0.245. The molecule has 1 fully saturated rings. The summed E-state index contributed by atoms with van der Waals surface area (Å²) < 4.78 is 6.02. The number of fused-ring (bicyclic) bond motifs is 2. The molecule has 1 aliphatic rings. The summed E-state index contributed by atoms with van der Waals surface area (Å²) in [4.78, 5) is 18.0. The topological polar surface area (TPSA) is 82.7 Å². The van der Waals surface area contributed by atoms with Crippen LogP contribution >= 0.6 is 11.3 Å². The maximum absolute atomic E-state index is 6.02. The van der Waals surface area contributed by atoms with Gasteiger partial charge in [0.25, 0.3) is 0 Å². The predicted molar refractivity (Wildman–Crippen MR) is 154 cm³/mol. The fourth-order valence-electron chi connectivity index (χ4n) is 5.26. The average molecular weight is 521 g/mol. The third-order valence-corrected chi connectivity index (χ3v) is 8.25. The molecule has 1 aliphatic heterocycles. The Labute approximate surface area is 224 Å². The van der Waals surface area contributed by atoms with Crippen molar-refractivity contribution in [1.29, 1.82) is 0 Å². The summed E-state index contributed by atoms with van der Waals surface area (Å²) in [5.41, 5.74) is 7.52. The van der Waals surface area contributed by atoms with Crippen molar-refractivity contribution in [3.05, 3.63) is 71.9 Å². The number of hydrogen-bond donors (Lipinski definition) is 2. The number of aryl methyl sites for hydroxylation is 1. The van der Waals surface area contributed by atoms with Crippen LogP contribution in [0.15, 0.2) is 67.0 Å². The molecule has 7 nitrogen and oxygen atoms in total. The van der Waals surface area contributed by atoms with Crippen LogP contribution < -0.4 is 4.74 Å². The van der Waals surface area contributed by atoms with E-state index in [2.05, 4.69) is 68.4 Å². The SMILES string of the molecule is Cc1ccc(-c2cccc3[nH]c(-c4n[nH]c5ccc(-c6cncc(OCCN7CCCC7)c6)nc45)cc23)s1. The zero-order valence-electron chi connectivity index (χ0n) is 21.2. The van der Waals surface area contributed by atoms with Gasteiger partial charge in [-0.1, -0.05) is 12.1 Å². The summed E-state index contributed by atoms with van der Waals surface area (Å²) in [5, 5.41) is 8.97. The molecule has 5 aromatic heterocycles. The van der Waals surface area contributed by atoms with Gasteiger partial charge in [-0.15, -0.1) is 11.3 Å². The van der Waals surface area contributed by atoms with E-state index in [9.17, 15) is 0 Å². The van der Waals surface area contributed by atoms with Crippen molar-refractivity contribution in [2.45, 2.75) is 19.8 Å². The van der Waals surface area contributed by atoms with Gasteiger partial charge in [0, 0.05) is 44.5 Å². The summed E-state index contributed by atoms with van der Waals surface area (Å²) in [6.07, 6.45) is 6.18. The second-order valence-corrected chi connectivity index (χ2v) is 11.1. The smallest absolute Gasteiger partial charge is 0.138 e. The highest BCUT2D eigenvalue weighted by atomic mass is 32.1. The van der Waals surface area contributed by atoms with Gasteiger partial charge in [-0.2, -0.15) is 5.10 Å². The summed E-state index contributed by atoms with van der Waals surface area (Å²) >= 11 is 1.81. The molecule has 0 saturated carbocycles. The Kier molecular flexibility index (Phi) is 5.91. The number of thiophene rings is 1. The minimum atomic E-state index is 0.664. The van der Waals surface area contributed by atoms with E-state index in [1.165, 1.54) is 46.6 Å². The number of hydrogen-bond acceptors (Lipinski definition) is 6. The average Bonchev–Trinajstić information content (AvgIpc) is 3.74. The summed E-state index contributed by atoms with van der Waals surface area (Å²) in [7, 11) is 0. The first kappa shape index (κ1) is 23.1. The fourth-order valence-corrected chi connectivity index (χ4v) is 6.17. The molecule has 38 heavy (non-hydrogen) atoms. The van der Waals surface area contributed by atoms with E-state index in [-0.39, 0.29) is 0 Å². The molecule has 0 unspecified atom stereocenters. The Morgan fingerprint density at radius 3 is 2.79 bits per heavy atom. The van der Waals surface area contributed by atoms with Gasteiger partial charge in [0.2, 0.25) is 0 Å². The van der Waals surface area contributed by atoms with E-state index in [1.807, 2.05) is 35.7 Å². The Hall–Kier alpha value is -4.01. The summed E-state index contributed by atoms with van der Waals surface area (Å²) in [6.45, 7) is 6.10. The number of nitrogens with zero attached hydrogens (tertiary/aromatic N) is 4. The van der Waals surface area contributed by atoms with Gasteiger partial charge < -0.3 is 9.72 Å². The highest BCUT2D eigenvalue weighted by molar-refractivity contribution is 7.15. The van der Waals surface area contributed by atoms with Gasteiger partial charge in [-0.25, -0.2) is 4.98 Å². The maximum Gasteiger partial charge on any atom is 0.138 e. The predicted octanol–water partition coefficient (Wildman–Crippen LogP) is 6.68. The van der Waals surface area contributed by atoms with E-state index >= 15 is 0 Å². The number of likely N-dealkylation sites (tertiary alicyclic amines) is 1. The fraction of sp³-hybridized carbons (Fsp3) is 0.233. The number of rotatable bonds is 7. The molecular formula is C30H28N6OS. The molecule has 190 valence electrons. The molecule has 1 aromatic carbocycles. The van der Waals surface area contributed by atoms with Crippen LogP contribution in [0, 0.1) is 6.92 Å². The van der Waals surface area contributed by atoms with Crippen LogP contribution in [-0.2, 0) is 0 Å². The highest BCUT2D eigenvalue weighted by Gasteiger charge is 2.16. The zero-order valence-corrected chi connectivity index (χ0v) is 22.0. The number of pyridine rings is 2. The van der Waals surface area contributed by atoms with E-state index in [0.717, 1.165) is 51.5 Å². The van der Waals surface area contributed by atoms with Crippen molar-refractivity contribution in [2.24, 2.45) is 0 Å². The first-order chi connectivity index (χ1) is 18.7. The monoisotopic (exact) mass is 520 g/mol. The second kappa shape index (κ2) is 9.70. The lowest BCUT2D eigenvalue weighted by Crippen LogP contribution is -2.25. The number of ether oxygens (including phenoxy) is 1. The van der Waals surface area contributed by atoms with Crippen molar-refractivity contribution < 1.29 is 4.74 Å². The van der Waals surface area contributed by atoms with Crippen molar-refractivity contribution >= 4 is 33.3 Å². The molecule has 0 aliphatic carbocycles. The van der Waals surface area contributed by atoms with Gasteiger partial charge in [0.1, 0.15) is 23.6 Å². The summed E-state index contributed by atoms with van der Waals surface area (Å²) in [5.74, 6) is 0.767. The van der Waals surface area contributed by atoms with Gasteiger partial charge in [0.15, 0.2) is 0 Å². The van der Waals surface area contributed by atoms with Crippen molar-refractivity contribution in [1.82, 2.24) is 30.0 Å². The van der Waals surface area contributed by atoms with E-state index < -0.39 is 0 Å². The Balaban J connectivity index is 1.20. The van der Waals surface area contributed by atoms with Crippen LogP contribution in [0.25, 0.3) is 55.0 Å². The molecule has 6 heterocycles. The van der Waals surface area contributed by atoms with Gasteiger partial charge >= 0.3 is 0 Å². The highest BCUT2D eigenvalue weighted by Crippen LogP contribution is 2.36. The molecule has 0 spiro atoms. The van der Waals surface area contributed by atoms with E-state index in [1.54, 1.807) is 6.20 Å². The molecule has 1 saturated heterocycles. The largest absolute Gasteiger partial charge is 0.491 e. The molecule has 0 atom stereocenters. The molecule has 0 radical (unpaired) electrons. The zero-order chi connectivity index (χ0) is 25.5. The van der Waals surface area contributed by atoms with Gasteiger partial charge in [-0.3, -0.25) is 15.0 Å². The number of aromatic amines is 2. The van der Waals surface area contributed by atoms with Crippen LogP contribution in [0.4, 0.5) is 0 Å². The van der Waals surface area contributed by atoms with Gasteiger partial charge in [0.05, 0.1) is 23.1 Å². The van der Waals surface area contributed by atoms with Crippen LogP contribution in [0.1, 0.15) is 17.7 Å². The Morgan fingerprint density at radius 1 is 1.00 bits per heavy atom. The minimum absolute atomic E-state index is 0.664. The summed E-state index contributed by atoms with van der Waals surface area (Å²) in [6, 6.07) is 19.0. The van der Waals surface area contributed by atoms with E-state index in [0.29, 0.717) is 6.61 Å². The molecular weight excluding hydrogens is 492 g/mol. The van der Waals surface area contributed by atoms with Crippen LogP contribution in [-0.4, -0.2) is 56.3 Å². The number of aromatic nitrogens is 5. The number of nitrogens with one attached hydrogen (secondary N) is 2. The third kappa shape index (κ3) is 4.36. The van der Waals surface area contributed by atoms with E-state index in [4.69, 9.17) is 9.72 Å².